The molecule has 0 saturated carbocycles. The van der Waals surface area contributed by atoms with Gasteiger partial charge in [0.2, 0.25) is 0 Å². The molecule has 22 heavy (non-hydrogen) atoms. The van der Waals surface area contributed by atoms with Gasteiger partial charge in [0.25, 0.3) is 0 Å². The van der Waals surface area contributed by atoms with Crippen molar-refractivity contribution < 1.29 is 17.6 Å². The van der Waals surface area contributed by atoms with Crippen LogP contribution < -0.4 is 0 Å². The first-order valence-corrected chi connectivity index (χ1v) is 6.64. The summed E-state index contributed by atoms with van der Waals surface area (Å²) < 4.78 is 55.0. The van der Waals surface area contributed by atoms with E-state index in [1.807, 2.05) is 24.3 Å². The highest BCUT2D eigenvalue weighted by Gasteiger charge is 2.19. The Morgan fingerprint density at radius 2 is 1.23 bits per heavy atom. The van der Waals surface area contributed by atoms with E-state index in [-0.39, 0.29) is 5.39 Å². The first-order valence-electron chi connectivity index (χ1n) is 6.64. The topological polar surface area (TPSA) is 0 Å². The molecule has 0 atom stereocenters. The summed E-state index contributed by atoms with van der Waals surface area (Å²) in [7, 11) is 0. The van der Waals surface area contributed by atoms with Gasteiger partial charge >= 0.3 is 0 Å². The monoisotopic (exact) mass is 300 g/mol. The minimum atomic E-state index is -1.66. The fourth-order valence-electron chi connectivity index (χ4n) is 2.86. The van der Waals surface area contributed by atoms with Crippen LogP contribution in [0.5, 0.6) is 0 Å². The van der Waals surface area contributed by atoms with Crippen molar-refractivity contribution in [3.63, 3.8) is 0 Å². The van der Waals surface area contributed by atoms with E-state index < -0.39 is 28.7 Å². The molecule has 0 amide bonds. The maximum absolute atomic E-state index is 14.2. The fourth-order valence-corrected chi connectivity index (χ4v) is 2.86. The Hall–Kier alpha value is -2.62. The Morgan fingerprint density at radius 3 is 1.95 bits per heavy atom. The lowest BCUT2D eigenvalue weighted by Crippen LogP contribution is -1.95. The molecule has 0 bridgehead atoms. The second-order valence-electron chi connectivity index (χ2n) is 5.19. The lowest BCUT2D eigenvalue weighted by atomic mass is 9.97. The summed E-state index contributed by atoms with van der Waals surface area (Å²) >= 11 is 0. The van der Waals surface area contributed by atoms with Crippen LogP contribution in [0.2, 0.25) is 0 Å². The van der Waals surface area contributed by atoms with Crippen molar-refractivity contribution in [1.29, 1.82) is 0 Å². The minimum absolute atomic E-state index is 0.0251. The molecule has 0 nitrogen and oxygen atoms in total. The summed E-state index contributed by atoms with van der Waals surface area (Å²) in [5.41, 5.74) is 0. The minimum Gasteiger partial charge on any atom is -0.206 e. The molecule has 0 saturated heterocycles. The maximum atomic E-state index is 14.2. The molecule has 0 unspecified atom stereocenters. The van der Waals surface area contributed by atoms with Crippen LogP contribution in [0.3, 0.4) is 0 Å². The molecule has 0 heterocycles. The highest BCUT2D eigenvalue weighted by Crippen LogP contribution is 2.34. The summed E-state index contributed by atoms with van der Waals surface area (Å²) in [4.78, 5) is 0. The molecule has 0 N–H and O–H groups in total. The van der Waals surface area contributed by atoms with E-state index >= 15 is 0 Å². The van der Waals surface area contributed by atoms with Crippen LogP contribution in [-0.2, 0) is 0 Å². The quantitative estimate of drug-likeness (QED) is 0.169. The molecule has 0 radical (unpaired) electrons. The number of hydrogen-bond donors (Lipinski definition) is 0. The maximum Gasteiger partial charge on any atom is 0.195 e. The lowest BCUT2D eigenvalue weighted by molar-refractivity contribution is 0.451. The molecular weight excluding hydrogens is 292 g/mol. The van der Waals surface area contributed by atoms with Gasteiger partial charge in [-0.2, -0.15) is 0 Å². The normalized spacial score (nSPS) is 11.6. The van der Waals surface area contributed by atoms with E-state index in [9.17, 15) is 17.6 Å². The van der Waals surface area contributed by atoms with Crippen LogP contribution in [0, 0.1) is 23.3 Å². The van der Waals surface area contributed by atoms with E-state index in [1.165, 1.54) is 0 Å². The van der Waals surface area contributed by atoms with E-state index in [1.54, 1.807) is 12.1 Å². The van der Waals surface area contributed by atoms with Crippen LogP contribution in [0.4, 0.5) is 17.6 Å². The summed E-state index contributed by atoms with van der Waals surface area (Å²) in [6.07, 6.45) is 0. The lowest BCUT2D eigenvalue weighted by Gasteiger charge is -2.09. The van der Waals surface area contributed by atoms with Crippen LogP contribution in [0.1, 0.15) is 0 Å². The first kappa shape index (κ1) is 13.1. The molecule has 0 aliphatic carbocycles. The van der Waals surface area contributed by atoms with Gasteiger partial charge in [-0.05, 0) is 51.2 Å². The number of rotatable bonds is 0. The highest BCUT2D eigenvalue weighted by atomic mass is 19.2. The SMILES string of the molecule is Fc1cc2c(c(F)cc3cc4ccccc4cc32)c(F)c1F. The number of benzene rings is 4. The summed E-state index contributed by atoms with van der Waals surface area (Å²) in [6, 6.07) is 12.8. The van der Waals surface area contributed by atoms with E-state index in [0.29, 0.717) is 10.8 Å². The third-order valence-corrected chi connectivity index (χ3v) is 3.89. The zero-order valence-corrected chi connectivity index (χ0v) is 11.1. The summed E-state index contributed by atoms with van der Waals surface area (Å²) in [5.74, 6) is -5.40. The van der Waals surface area contributed by atoms with Crippen LogP contribution >= 0.6 is 0 Å². The van der Waals surface area contributed by atoms with Gasteiger partial charge in [0.15, 0.2) is 17.5 Å². The number of hydrogen-bond acceptors (Lipinski definition) is 0. The Morgan fingerprint density at radius 1 is 0.545 bits per heavy atom. The zero-order chi connectivity index (χ0) is 15.4. The molecule has 0 aromatic heterocycles. The van der Waals surface area contributed by atoms with Crippen LogP contribution in [0.15, 0.2) is 48.5 Å². The van der Waals surface area contributed by atoms with Gasteiger partial charge in [0.1, 0.15) is 5.82 Å². The van der Waals surface area contributed by atoms with Crippen molar-refractivity contribution >= 4 is 32.3 Å². The second-order valence-corrected chi connectivity index (χ2v) is 5.19. The first-order chi connectivity index (χ1) is 10.6. The van der Waals surface area contributed by atoms with Crippen molar-refractivity contribution in [2.75, 3.05) is 0 Å². The standard InChI is InChI=1S/C18H8F4/c19-14-7-11-5-9-3-1-2-4-10(9)6-12(11)13-8-15(20)17(21)18(22)16(13)14/h1-8H. The largest absolute Gasteiger partial charge is 0.206 e. The number of fused-ring (bicyclic) bond motifs is 4. The van der Waals surface area contributed by atoms with Crippen LogP contribution in [-0.4, -0.2) is 0 Å². The second kappa shape index (κ2) is 4.44. The van der Waals surface area contributed by atoms with Gasteiger partial charge in [0.05, 0.1) is 5.39 Å². The van der Waals surface area contributed by atoms with Crippen molar-refractivity contribution in [1.82, 2.24) is 0 Å². The molecular formula is C18H8F4. The summed E-state index contributed by atoms with van der Waals surface area (Å²) in [5, 5.41) is 2.23. The Balaban J connectivity index is 2.29. The fraction of sp³-hybridized carbons (Fsp3) is 0. The Kier molecular flexibility index (Phi) is 2.64. The molecule has 108 valence electrons. The summed E-state index contributed by atoms with van der Waals surface area (Å²) in [6.45, 7) is 0. The van der Waals surface area contributed by atoms with Crippen molar-refractivity contribution in [3.05, 3.63) is 71.8 Å². The third kappa shape index (κ3) is 1.70. The average Bonchev–Trinajstić information content (AvgIpc) is 2.51. The smallest absolute Gasteiger partial charge is 0.195 e. The van der Waals surface area contributed by atoms with Crippen molar-refractivity contribution in [3.8, 4) is 0 Å². The number of halogens is 4. The van der Waals surface area contributed by atoms with E-state index in [0.717, 1.165) is 22.9 Å². The molecule has 0 aliphatic heterocycles. The Bertz CT molecular complexity index is 1070. The molecule has 4 aromatic rings. The molecule has 4 heteroatoms. The molecule has 0 fully saturated rings. The van der Waals surface area contributed by atoms with Gasteiger partial charge in [-0.25, -0.2) is 17.6 Å². The molecule has 0 spiro atoms. The molecule has 4 aromatic carbocycles. The third-order valence-electron chi connectivity index (χ3n) is 3.89. The van der Waals surface area contributed by atoms with E-state index in [2.05, 4.69) is 0 Å². The molecule has 4 rings (SSSR count). The predicted octanol–water partition coefficient (Wildman–Crippen LogP) is 5.70. The van der Waals surface area contributed by atoms with Gasteiger partial charge < -0.3 is 0 Å². The van der Waals surface area contributed by atoms with Gasteiger partial charge in [-0.15, -0.1) is 0 Å². The van der Waals surface area contributed by atoms with Gasteiger partial charge in [-0.1, -0.05) is 24.3 Å². The van der Waals surface area contributed by atoms with Gasteiger partial charge in [0, 0.05) is 0 Å². The Labute approximate surface area is 122 Å². The van der Waals surface area contributed by atoms with E-state index in [4.69, 9.17) is 0 Å². The average molecular weight is 300 g/mol. The molecule has 0 aliphatic rings. The zero-order valence-electron chi connectivity index (χ0n) is 11.1. The van der Waals surface area contributed by atoms with Crippen LogP contribution in [0.25, 0.3) is 32.3 Å². The predicted molar refractivity (Wildman–Crippen MR) is 78.8 cm³/mol. The van der Waals surface area contributed by atoms with Crippen molar-refractivity contribution in [2.45, 2.75) is 0 Å². The van der Waals surface area contributed by atoms with Crippen molar-refractivity contribution in [2.24, 2.45) is 0 Å². The highest BCUT2D eigenvalue weighted by molar-refractivity contribution is 6.12. The van der Waals surface area contributed by atoms with Gasteiger partial charge in [-0.3, -0.25) is 0 Å².